The molecule has 1 fully saturated rings. The first-order chi connectivity index (χ1) is 3.97. The SMILES string of the molecule is c1cc(C2CO2)cs1. The predicted octanol–water partition coefficient (Wildman–Crippen LogP) is 1.82. The molecule has 1 unspecified atom stereocenters. The van der Waals surface area contributed by atoms with Gasteiger partial charge in [0.25, 0.3) is 0 Å². The maximum atomic E-state index is 5.06. The highest BCUT2D eigenvalue weighted by Crippen LogP contribution is 2.30. The summed E-state index contributed by atoms with van der Waals surface area (Å²) in [7, 11) is 0. The first-order valence-electron chi connectivity index (χ1n) is 2.60. The van der Waals surface area contributed by atoms with Crippen molar-refractivity contribution in [1.82, 2.24) is 0 Å². The molecule has 2 heterocycles. The molecule has 1 aliphatic heterocycles. The van der Waals surface area contributed by atoms with Crippen molar-refractivity contribution in [3.05, 3.63) is 22.4 Å². The second kappa shape index (κ2) is 1.57. The zero-order valence-electron chi connectivity index (χ0n) is 4.33. The molecular weight excluding hydrogens is 120 g/mol. The average Bonchev–Trinajstić information content (AvgIpc) is 2.49. The standard InChI is InChI=1S/C6H6OS/c1-2-8-4-5(1)6-3-7-6/h1-2,4,6H,3H2. The molecule has 1 aromatic heterocycles. The second-order valence-corrected chi connectivity index (χ2v) is 2.66. The van der Waals surface area contributed by atoms with E-state index in [4.69, 9.17) is 4.74 Å². The minimum atomic E-state index is 0.446. The zero-order chi connectivity index (χ0) is 5.40. The lowest BCUT2D eigenvalue weighted by Gasteiger charge is -1.79. The molecule has 0 radical (unpaired) electrons. The van der Waals surface area contributed by atoms with Crippen molar-refractivity contribution in [2.24, 2.45) is 0 Å². The summed E-state index contributed by atoms with van der Waals surface area (Å²) in [5.74, 6) is 0. The minimum absolute atomic E-state index is 0.446. The molecule has 1 nitrogen and oxygen atoms in total. The van der Waals surface area contributed by atoms with Crippen LogP contribution in [0.2, 0.25) is 0 Å². The van der Waals surface area contributed by atoms with Crippen LogP contribution in [-0.2, 0) is 4.74 Å². The maximum Gasteiger partial charge on any atom is 0.107 e. The molecule has 1 aromatic rings. The smallest absolute Gasteiger partial charge is 0.107 e. The van der Waals surface area contributed by atoms with E-state index in [0.717, 1.165) is 6.61 Å². The molecule has 1 atom stereocenters. The number of ether oxygens (including phenoxy) is 1. The Labute approximate surface area is 51.9 Å². The van der Waals surface area contributed by atoms with Crippen molar-refractivity contribution in [2.45, 2.75) is 6.10 Å². The van der Waals surface area contributed by atoms with E-state index in [9.17, 15) is 0 Å². The van der Waals surface area contributed by atoms with Crippen LogP contribution in [-0.4, -0.2) is 6.61 Å². The predicted molar refractivity (Wildman–Crippen MR) is 33.0 cm³/mol. The number of hydrogen-bond donors (Lipinski definition) is 0. The Morgan fingerprint density at radius 3 is 3.12 bits per heavy atom. The summed E-state index contributed by atoms with van der Waals surface area (Å²) in [5.41, 5.74) is 1.34. The molecule has 0 spiro atoms. The fraction of sp³-hybridized carbons (Fsp3) is 0.333. The monoisotopic (exact) mass is 126 g/mol. The third-order valence-electron chi connectivity index (χ3n) is 1.25. The Morgan fingerprint density at radius 1 is 1.75 bits per heavy atom. The van der Waals surface area contributed by atoms with E-state index in [-0.39, 0.29) is 0 Å². The van der Waals surface area contributed by atoms with Crippen LogP contribution >= 0.6 is 11.3 Å². The highest BCUT2D eigenvalue weighted by molar-refractivity contribution is 7.07. The van der Waals surface area contributed by atoms with E-state index in [1.807, 2.05) is 0 Å². The van der Waals surface area contributed by atoms with Gasteiger partial charge in [-0.25, -0.2) is 0 Å². The Hall–Kier alpha value is -0.340. The molecule has 2 rings (SSSR count). The molecule has 0 amide bonds. The highest BCUT2D eigenvalue weighted by atomic mass is 32.1. The van der Waals surface area contributed by atoms with Gasteiger partial charge in [-0.15, -0.1) is 0 Å². The molecule has 0 aromatic carbocycles. The lowest BCUT2D eigenvalue weighted by Crippen LogP contribution is -1.68. The van der Waals surface area contributed by atoms with Crippen LogP contribution in [0.3, 0.4) is 0 Å². The summed E-state index contributed by atoms with van der Waals surface area (Å²) in [6, 6.07) is 2.11. The van der Waals surface area contributed by atoms with Gasteiger partial charge in [0, 0.05) is 0 Å². The van der Waals surface area contributed by atoms with Crippen molar-refractivity contribution in [2.75, 3.05) is 6.61 Å². The lowest BCUT2D eigenvalue weighted by molar-refractivity contribution is 0.416. The Balaban J connectivity index is 2.28. The quantitative estimate of drug-likeness (QED) is 0.523. The third kappa shape index (κ3) is 0.659. The van der Waals surface area contributed by atoms with E-state index in [2.05, 4.69) is 16.8 Å². The van der Waals surface area contributed by atoms with Crippen LogP contribution in [0.15, 0.2) is 16.8 Å². The van der Waals surface area contributed by atoms with Crippen LogP contribution in [0, 0.1) is 0 Å². The normalized spacial score (nSPS) is 25.8. The van der Waals surface area contributed by atoms with Crippen molar-refractivity contribution in [1.29, 1.82) is 0 Å². The van der Waals surface area contributed by atoms with Gasteiger partial charge in [0.1, 0.15) is 6.10 Å². The molecule has 2 heteroatoms. The molecule has 1 aliphatic rings. The van der Waals surface area contributed by atoms with Gasteiger partial charge in [-0.1, -0.05) is 0 Å². The summed E-state index contributed by atoms with van der Waals surface area (Å²) >= 11 is 1.73. The van der Waals surface area contributed by atoms with Crippen molar-refractivity contribution in [3.63, 3.8) is 0 Å². The van der Waals surface area contributed by atoms with Gasteiger partial charge in [0.2, 0.25) is 0 Å². The average molecular weight is 126 g/mol. The van der Waals surface area contributed by atoms with E-state index < -0.39 is 0 Å². The van der Waals surface area contributed by atoms with Gasteiger partial charge in [-0.2, -0.15) is 11.3 Å². The van der Waals surface area contributed by atoms with Gasteiger partial charge in [0.15, 0.2) is 0 Å². The van der Waals surface area contributed by atoms with Crippen molar-refractivity contribution >= 4 is 11.3 Å². The summed E-state index contributed by atoms with van der Waals surface area (Å²) < 4.78 is 5.06. The van der Waals surface area contributed by atoms with Gasteiger partial charge in [-0.3, -0.25) is 0 Å². The third-order valence-corrected chi connectivity index (χ3v) is 1.95. The van der Waals surface area contributed by atoms with Crippen LogP contribution in [0.25, 0.3) is 0 Å². The fourth-order valence-corrected chi connectivity index (χ4v) is 1.40. The van der Waals surface area contributed by atoms with Gasteiger partial charge in [-0.05, 0) is 22.4 Å². The highest BCUT2D eigenvalue weighted by Gasteiger charge is 2.24. The number of thiophene rings is 1. The van der Waals surface area contributed by atoms with E-state index in [0.29, 0.717) is 6.10 Å². The number of hydrogen-bond acceptors (Lipinski definition) is 2. The molecule has 0 saturated carbocycles. The molecule has 0 aliphatic carbocycles. The van der Waals surface area contributed by atoms with Gasteiger partial charge >= 0.3 is 0 Å². The Bertz CT molecular complexity index is 165. The van der Waals surface area contributed by atoms with Crippen molar-refractivity contribution in [3.8, 4) is 0 Å². The topological polar surface area (TPSA) is 12.5 Å². The van der Waals surface area contributed by atoms with Crippen LogP contribution in [0.5, 0.6) is 0 Å². The molecular formula is C6H6OS. The molecule has 42 valence electrons. The van der Waals surface area contributed by atoms with Crippen LogP contribution in [0.4, 0.5) is 0 Å². The molecule has 0 N–H and O–H groups in total. The fourth-order valence-electron chi connectivity index (χ4n) is 0.699. The number of epoxide rings is 1. The maximum absolute atomic E-state index is 5.06. The Kier molecular flexibility index (Phi) is 0.889. The summed E-state index contributed by atoms with van der Waals surface area (Å²) in [5, 5.41) is 4.22. The van der Waals surface area contributed by atoms with Gasteiger partial charge in [0.05, 0.1) is 6.61 Å². The summed E-state index contributed by atoms with van der Waals surface area (Å²) in [6.07, 6.45) is 0.446. The van der Waals surface area contributed by atoms with E-state index in [1.54, 1.807) is 11.3 Å². The minimum Gasteiger partial charge on any atom is -0.368 e. The second-order valence-electron chi connectivity index (χ2n) is 1.88. The van der Waals surface area contributed by atoms with Crippen molar-refractivity contribution < 1.29 is 4.74 Å². The summed E-state index contributed by atoms with van der Waals surface area (Å²) in [6.45, 7) is 0.927. The molecule has 0 bridgehead atoms. The first-order valence-corrected chi connectivity index (χ1v) is 3.55. The molecule has 8 heavy (non-hydrogen) atoms. The van der Waals surface area contributed by atoms with Crippen LogP contribution < -0.4 is 0 Å². The molecule has 1 saturated heterocycles. The largest absolute Gasteiger partial charge is 0.368 e. The van der Waals surface area contributed by atoms with Crippen LogP contribution in [0.1, 0.15) is 11.7 Å². The Morgan fingerprint density at radius 2 is 2.62 bits per heavy atom. The van der Waals surface area contributed by atoms with E-state index >= 15 is 0 Å². The lowest BCUT2D eigenvalue weighted by atomic mass is 10.3. The van der Waals surface area contributed by atoms with E-state index in [1.165, 1.54) is 5.56 Å². The zero-order valence-corrected chi connectivity index (χ0v) is 5.15. The van der Waals surface area contributed by atoms with Gasteiger partial charge < -0.3 is 4.74 Å². The summed E-state index contributed by atoms with van der Waals surface area (Å²) in [4.78, 5) is 0. The number of rotatable bonds is 1. The first kappa shape index (κ1) is 4.53.